The van der Waals surface area contributed by atoms with Crippen molar-refractivity contribution >= 4 is 23.0 Å². The Hall–Kier alpha value is -1.36. The lowest BCUT2D eigenvalue weighted by Crippen LogP contribution is -1.95. The first-order valence-corrected chi connectivity index (χ1v) is 5.77. The minimum Gasteiger partial charge on any atom is -0.234 e. The molecule has 0 fully saturated rings. The van der Waals surface area contributed by atoms with Gasteiger partial charge < -0.3 is 0 Å². The predicted molar refractivity (Wildman–Crippen MR) is 61.9 cm³/mol. The molecule has 0 bridgehead atoms. The van der Waals surface area contributed by atoms with E-state index in [2.05, 4.69) is 10.3 Å². The molecule has 0 N–H and O–H groups in total. The molecule has 0 unspecified atom stereocenters. The van der Waals surface area contributed by atoms with Gasteiger partial charge in [0.1, 0.15) is 5.03 Å². The zero-order chi connectivity index (χ0) is 11.0. The molecule has 2 rings (SSSR count). The second-order valence-corrected chi connectivity index (χ2v) is 4.14. The normalized spacial score (nSPS) is 10.9. The smallest absolute Gasteiger partial charge is 0.167 e. The van der Waals surface area contributed by atoms with Gasteiger partial charge in [0, 0.05) is 5.69 Å². The van der Waals surface area contributed by atoms with Crippen LogP contribution < -0.4 is 0 Å². The lowest BCUT2D eigenvalue weighted by atomic mass is 10.2. The number of fused-ring (bicyclic) bond motifs is 1. The molecular weight excluding hydrogens is 210 g/mol. The van der Waals surface area contributed by atoms with Crippen LogP contribution in [0.25, 0.3) is 5.52 Å². The van der Waals surface area contributed by atoms with Crippen LogP contribution in [0.5, 0.6) is 0 Å². The summed E-state index contributed by atoms with van der Waals surface area (Å²) in [7, 11) is 0. The van der Waals surface area contributed by atoms with E-state index in [0.29, 0.717) is 10.7 Å². The van der Waals surface area contributed by atoms with Crippen molar-refractivity contribution in [3.63, 3.8) is 0 Å². The van der Waals surface area contributed by atoms with Crippen molar-refractivity contribution in [1.82, 2.24) is 9.61 Å². The third kappa shape index (κ3) is 1.43. The quantitative estimate of drug-likeness (QED) is 0.578. The van der Waals surface area contributed by atoms with Crippen LogP contribution in [0.2, 0.25) is 0 Å². The van der Waals surface area contributed by atoms with Crippen LogP contribution in [0.4, 0.5) is 5.69 Å². The number of pyridine rings is 1. The molecule has 0 radical (unpaired) electrons. The second-order valence-electron chi connectivity index (χ2n) is 3.35. The molecular formula is C10H11N3OS. The summed E-state index contributed by atoms with van der Waals surface area (Å²) in [6.07, 6.45) is 1.89. The third-order valence-electron chi connectivity index (χ3n) is 2.53. The summed E-state index contributed by atoms with van der Waals surface area (Å²) in [5, 5.41) is 8.07. The van der Waals surface area contributed by atoms with E-state index in [-0.39, 0.29) is 0 Å². The van der Waals surface area contributed by atoms with Crippen molar-refractivity contribution in [3.05, 3.63) is 28.3 Å². The van der Waals surface area contributed by atoms with Crippen molar-refractivity contribution in [2.24, 2.45) is 5.18 Å². The molecule has 2 aromatic heterocycles. The molecule has 0 saturated carbocycles. The van der Waals surface area contributed by atoms with E-state index in [1.807, 2.05) is 32.2 Å². The van der Waals surface area contributed by atoms with Crippen LogP contribution in [0.3, 0.4) is 0 Å². The molecule has 0 aliphatic heterocycles. The molecule has 15 heavy (non-hydrogen) atoms. The summed E-state index contributed by atoms with van der Waals surface area (Å²) < 4.78 is 1.78. The minimum absolute atomic E-state index is 0.436. The van der Waals surface area contributed by atoms with Gasteiger partial charge in [0.2, 0.25) is 0 Å². The number of nitroso groups, excluding NO2 is 1. The van der Waals surface area contributed by atoms with Gasteiger partial charge in [-0.1, -0.05) is 6.07 Å². The lowest BCUT2D eigenvalue weighted by molar-refractivity contribution is 0.858. The molecule has 2 aromatic rings. The van der Waals surface area contributed by atoms with Crippen molar-refractivity contribution in [2.75, 3.05) is 6.26 Å². The van der Waals surface area contributed by atoms with Crippen molar-refractivity contribution < 1.29 is 0 Å². The number of aromatic nitrogens is 2. The fraction of sp³-hybridized carbons (Fsp3) is 0.300. The zero-order valence-electron chi connectivity index (χ0n) is 8.81. The Bertz CT molecular complexity index is 533. The van der Waals surface area contributed by atoms with Gasteiger partial charge >= 0.3 is 0 Å². The highest BCUT2D eigenvalue weighted by Gasteiger charge is 2.14. The summed E-state index contributed by atoms with van der Waals surface area (Å²) in [4.78, 5) is 10.7. The summed E-state index contributed by atoms with van der Waals surface area (Å²) in [6.45, 7) is 4.00. The molecule has 0 aliphatic rings. The Morgan fingerprint density at radius 1 is 1.40 bits per heavy atom. The molecule has 0 aromatic carbocycles. The molecule has 4 nitrogen and oxygen atoms in total. The van der Waals surface area contributed by atoms with Gasteiger partial charge in [-0.15, -0.1) is 16.7 Å². The van der Waals surface area contributed by atoms with Gasteiger partial charge in [-0.25, -0.2) is 4.52 Å². The number of hydrogen-bond donors (Lipinski definition) is 0. The minimum atomic E-state index is 0.436. The molecule has 0 saturated heterocycles. The van der Waals surface area contributed by atoms with Crippen molar-refractivity contribution in [2.45, 2.75) is 18.9 Å². The molecule has 0 amide bonds. The Morgan fingerprint density at radius 3 is 2.73 bits per heavy atom. The summed E-state index contributed by atoms with van der Waals surface area (Å²) >= 11 is 1.43. The van der Waals surface area contributed by atoms with Gasteiger partial charge in [-0.3, -0.25) is 0 Å². The number of thioether (sulfide) groups is 1. The van der Waals surface area contributed by atoms with Crippen LogP contribution in [-0.2, 0) is 0 Å². The lowest BCUT2D eigenvalue weighted by Gasteiger charge is -2.01. The molecule has 0 spiro atoms. The monoisotopic (exact) mass is 221 g/mol. The summed E-state index contributed by atoms with van der Waals surface area (Å²) in [6, 6.07) is 3.86. The van der Waals surface area contributed by atoms with E-state index in [1.54, 1.807) is 4.52 Å². The van der Waals surface area contributed by atoms with Gasteiger partial charge in [-0.05, 0) is 36.9 Å². The first kappa shape index (κ1) is 10.2. The standard InChI is InChI=1S/C10H11N3OS/c1-6-4-5-8-9(12-14)10(15-3)11-13(8)7(6)2/h4-5H,1-3H3. The zero-order valence-corrected chi connectivity index (χ0v) is 9.63. The Morgan fingerprint density at radius 2 is 2.13 bits per heavy atom. The number of nitrogens with zero attached hydrogens (tertiary/aromatic N) is 3. The van der Waals surface area contributed by atoms with E-state index in [0.717, 1.165) is 16.8 Å². The highest BCUT2D eigenvalue weighted by Crippen LogP contribution is 2.32. The van der Waals surface area contributed by atoms with Crippen LogP contribution in [0.15, 0.2) is 22.3 Å². The highest BCUT2D eigenvalue weighted by atomic mass is 32.2. The summed E-state index contributed by atoms with van der Waals surface area (Å²) in [5.41, 5.74) is 3.40. The molecule has 5 heteroatoms. The Balaban J connectivity index is 2.87. The van der Waals surface area contributed by atoms with Gasteiger partial charge in [0.15, 0.2) is 5.69 Å². The van der Waals surface area contributed by atoms with Crippen molar-refractivity contribution in [1.29, 1.82) is 0 Å². The van der Waals surface area contributed by atoms with E-state index in [1.165, 1.54) is 11.8 Å². The first-order valence-electron chi connectivity index (χ1n) is 4.55. The highest BCUT2D eigenvalue weighted by molar-refractivity contribution is 7.98. The molecule has 0 atom stereocenters. The van der Waals surface area contributed by atoms with Gasteiger partial charge in [0.05, 0.1) is 5.52 Å². The summed E-state index contributed by atoms with van der Waals surface area (Å²) in [5.74, 6) is 0. The molecule has 0 aliphatic carbocycles. The predicted octanol–water partition coefficient (Wildman–Crippen LogP) is 3.07. The second kappa shape index (κ2) is 3.66. The average molecular weight is 221 g/mol. The SMILES string of the molecule is CSc1nn2c(C)c(C)ccc2c1N=O. The fourth-order valence-electron chi connectivity index (χ4n) is 1.52. The van der Waals surface area contributed by atoms with Gasteiger partial charge in [0.25, 0.3) is 0 Å². The van der Waals surface area contributed by atoms with Crippen LogP contribution in [-0.4, -0.2) is 15.9 Å². The van der Waals surface area contributed by atoms with Crippen LogP contribution in [0.1, 0.15) is 11.3 Å². The molecule has 2 heterocycles. The first-order chi connectivity index (χ1) is 7.19. The van der Waals surface area contributed by atoms with Crippen LogP contribution >= 0.6 is 11.8 Å². The molecule has 78 valence electrons. The third-order valence-corrected chi connectivity index (χ3v) is 3.19. The number of hydrogen-bond acceptors (Lipinski definition) is 4. The average Bonchev–Trinajstić information content (AvgIpc) is 2.61. The van der Waals surface area contributed by atoms with E-state index in [9.17, 15) is 4.91 Å². The number of rotatable bonds is 2. The van der Waals surface area contributed by atoms with Gasteiger partial charge in [-0.2, -0.15) is 5.10 Å². The van der Waals surface area contributed by atoms with E-state index < -0.39 is 0 Å². The maximum atomic E-state index is 10.7. The van der Waals surface area contributed by atoms with Crippen molar-refractivity contribution in [3.8, 4) is 0 Å². The maximum absolute atomic E-state index is 10.7. The number of aryl methyl sites for hydroxylation is 2. The van der Waals surface area contributed by atoms with E-state index >= 15 is 0 Å². The van der Waals surface area contributed by atoms with Crippen LogP contribution in [0, 0.1) is 18.8 Å². The Labute approximate surface area is 91.7 Å². The Kier molecular flexibility index (Phi) is 2.48. The fourth-order valence-corrected chi connectivity index (χ4v) is 2.02. The largest absolute Gasteiger partial charge is 0.234 e. The maximum Gasteiger partial charge on any atom is 0.167 e. The van der Waals surface area contributed by atoms with E-state index in [4.69, 9.17) is 0 Å². The topological polar surface area (TPSA) is 46.7 Å².